The first-order chi connectivity index (χ1) is 7.20. The van der Waals surface area contributed by atoms with Gasteiger partial charge in [0.25, 0.3) is 0 Å². The summed E-state index contributed by atoms with van der Waals surface area (Å²) in [4.78, 5) is 0. The summed E-state index contributed by atoms with van der Waals surface area (Å²) in [6.45, 7) is 5.10. The van der Waals surface area contributed by atoms with Crippen molar-refractivity contribution in [3.05, 3.63) is 23.8 Å². The van der Waals surface area contributed by atoms with Crippen LogP contribution in [0.3, 0.4) is 0 Å². The van der Waals surface area contributed by atoms with E-state index in [1.165, 1.54) is 5.56 Å². The monoisotopic (exact) mass is 206 g/mol. The Hall–Kier alpha value is -1.22. The maximum Gasteiger partial charge on any atom is 0.143 e. The summed E-state index contributed by atoms with van der Waals surface area (Å²) < 4.78 is 5.91. The number of fused-ring (bicyclic) bond motifs is 1. The first-order valence-corrected chi connectivity index (χ1v) is 5.39. The van der Waals surface area contributed by atoms with E-state index >= 15 is 0 Å². The maximum absolute atomic E-state index is 5.91. The van der Waals surface area contributed by atoms with Gasteiger partial charge >= 0.3 is 0 Å². The molecule has 2 rings (SSSR count). The normalized spacial score (nSPS) is 23.9. The van der Waals surface area contributed by atoms with Gasteiger partial charge in [-0.05, 0) is 38.6 Å². The Bertz CT molecular complexity index is 351. The minimum atomic E-state index is 0.199. The second-order valence-corrected chi connectivity index (χ2v) is 4.15. The van der Waals surface area contributed by atoms with Crippen LogP contribution in [0.5, 0.6) is 5.75 Å². The lowest BCUT2D eigenvalue weighted by Gasteiger charge is -2.33. The lowest BCUT2D eigenvalue weighted by molar-refractivity contribution is 0.174. The molecule has 1 aliphatic rings. The molecule has 1 aliphatic heterocycles. The second-order valence-electron chi connectivity index (χ2n) is 4.15. The highest BCUT2D eigenvalue weighted by Gasteiger charge is 2.25. The molecule has 2 N–H and O–H groups in total. The van der Waals surface area contributed by atoms with Crippen LogP contribution in [0, 0.1) is 6.92 Å². The molecule has 0 saturated carbocycles. The van der Waals surface area contributed by atoms with E-state index in [9.17, 15) is 0 Å². The van der Waals surface area contributed by atoms with Gasteiger partial charge in [-0.15, -0.1) is 0 Å². The van der Waals surface area contributed by atoms with E-state index in [0.717, 1.165) is 18.0 Å². The van der Waals surface area contributed by atoms with Crippen molar-refractivity contribution in [1.29, 1.82) is 0 Å². The van der Waals surface area contributed by atoms with Gasteiger partial charge in [0.15, 0.2) is 0 Å². The predicted molar refractivity (Wildman–Crippen MR) is 62.6 cm³/mol. The van der Waals surface area contributed by atoms with Crippen LogP contribution in [0.4, 0.5) is 5.69 Å². The molecule has 2 atom stereocenters. The van der Waals surface area contributed by atoms with Gasteiger partial charge in [0, 0.05) is 6.54 Å². The molecule has 0 bridgehead atoms. The van der Waals surface area contributed by atoms with Crippen molar-refractivity contribution in [3.8, 4) is 5.75 Å². The van der Waals surface area contributed by atoms with Crippen LogP contribution in [0.25, 0.3) is 0 Å². The van der Waals surface area contributed by atoms with Crippen molar-refractivity contribution in [2.75, 3.05) is 18.9 Å². The molecule has 0 radical (unpaired) electrons. The Labute approximate surface area is 90.8 Å². The zero-order valence-electron chi connectivity index (χ0n) is 9.50. The van der Waals surface area contributed by atoms with E-state index < -0.39 is 0 Å². The standard InChI is InChI=1S/C12H18N2O/c1-8-4-5-11-10(6-8)14-9(2)12(15-11)7-13-3/h4-6,9,12-14H,7H2,1-3H3. The molecule has 82 valence electrons. The Morgan fingerprint density at radius 3 is 3.00 bits per heavy atom. The van der Waals surface area contributed by atoms with E-state index in [0.29, 0.717) is 6.04 Å². The highest BCUT2D eigenvalue weighted by Crippen LogP contribution is 2.31. The third-order valence-electron chi connectivity index (χ3n) is 2.76. The minimum Gasteiger partial charge on any atom is -0.485 e. The van der Waals surface area contributed by atoms with Crippen LogP contribution in [0.15, 0.2) is 18.2 Å². The summed E-state index contributed by atoms with van der Waals surface area (Å²) in [6.07, 6.45) is 0.199. The van der Waals surface area contributed by atoms with Crippen LogP contribution in [-0.2, 0) is 0 Å². The van der Waals surface area contributed by atoms with Crippen molar-refractivity contribution < 1.29 is 4.74 Å². The third kappa shape index (κ3) is 2.07. The van der Waals surface area contributed by atoms with E-state index in [1.54, 1.807) is 0 Å². The Kier molecular flexibility index (Phi) is 2.82. The molecule has 0 fully saturated rings. The number of aryl methyl sites for hydroxylation is 1. The van der Waals surface area contributed by atoms with E-state index in [4.69, 9.17) is 4.74 Å². The van der Waals surface area contributed by atoms with Gasteiger partial charge in [0.1, 0.15) is 11.9 Å². The summed E-state index contributed by atoms with van der Waals surface area (Å²) >= 11 is 0. The molecule has 0 aromatic heterocycles. The van der Waals surface area contributed by atoms with E-state index in [2.05, 4.69) is 36.6 Å². The van der Waals surface area contributed by atoms with Crippen LogP contribution >= 0.6 is 0 Å². The van der Waals surface area contributed by atoms with Crippen molar-refractivity contribution in [3.63, 3.8) is 0 Å². The van der Waals surface area contributed by atoms with Gasteiger partial charge in [0.2, 0.25) is 0 Å². The summed E-state index contributed by atoms with van der Waals surface area (Å²) in [5.74, 6) is 0.957. The summed E-state index contributed by atoms with van der Waals surface area (Å²) in [5, 5.41) is 6.62. The molecule has 1 heterocycles. The lowest BCUT2D eigenvalue weighted by Crippen LogP contribution is -2.45. The van der Waals surface area contributed by atoms with Crippen LogP contribution < -0.4 is 15.4 Å². The zero-order valence-corrected chi connectivity index (χ0v) is 9.50. The summed E-state index contributed by atoms with van der Waals surface area (Å²) in [6, 6.07) is 6.58. The number of hydrogen-bond acceptors (Lipinski definition) is 3. The zero-order chi connectivity index (χ0) is 10.8. The Morgan fingerprint density at radius 2 is 2.27 bits per heavy atom. The molecule has 0 spiro atoms. The number of ether oxygens (including phenoxy) is 1. The Balaban J connectivity index is 2.22. The molecule has 1 aromatic rings. The topological polar surface area (TPSA) is 33.3 Å². The fourth-order valence-electron chi connectivity index (χ4n) is 1.88. The van der Waals surface area contributed by atoms with Gasteiger partial charge in [-0.2, -0.15) is 0 Å². The smallest absolute Gasteiger partial charge is 0.143 e. The van der Waals surface area contributed by atoms with E-state index in [1.807, 2.05) is 13.1 Å². The molecule has 3 heteroatoms. The lowest BCUT2D eigenvalue weighted by atomic mass is 10.1. The number of benzene rings is 1. The maximum atomic E-state index is 5.91. The van der Waals surface area contributed by atoms with Crippen LogP contribution in [0.1, 0.15) is 12.5 Å². The molecule has 15 heavy (non-hydrogen) atoms. The first kappa shape index (κ1) is 10.3. The second kappa shape index (κ2) is 4.11. The number of nitrogens with one attached hydrogen (secondary N) is 2. The van der Waals surface area contributed by atoms with Gasteiger partial charge < -0.3 is 15.4 Å². The molecule has 0 amide bonds. The minimum absolute atomic E-state index is 0.199. The SMILES string of the molecule is CNCC1Oc2ccc(C)cc2NC1C. The number of hydrogen-bond donors (Lipinski definition) is 2. The highest BCUT2D eigenvalue weighted by molar-refractivity contribution is 5.60. The largest absolute Gasteiger partial charge is 0.485 e. The molecular weight excluding hydrogens is 188 g/mol. The molecule has 2 unspecified atom stereocenters. The summed E-state index contributed by atoms with van der Waals surface area (Å²) in [7, 11) is 1.95. The number of anilines is 1. The quantitative estimate of drug-likeness (QED) is 0.773. The fraction of sp³-hybridized carbons (Fsp3) is 0.500. The number of likely N-dealkylation sites (N-methyl/N-ethyl adjacent to an activating group) is 1. The van der Waals surface area contributed by atoms with Gasteiger partial charge in [-0.1, -0.05) is 6.07 Å². The molecular formula is C12H18N2O. The summed E-state index contributed by atoms with van der Waals surface area (Å²) in [5.41, 5.74) is 2.36. The first-order valence-electron chi connectivity index (χ1n) is 5.39. The van der Waals surface area contributed by atoms with Crippen molar-refractivity contribution in [2.45, 2.75) is 26.0 Å². The number of rotatable bonds is 2. The highest BCUT2D eigenvalue weighted by atomic mass is 16.5. The fourth-order valence-corrected chi connectivity index (χ4v) is 1.88. The predicted octanol–water partition coefficient (Wildman–Crippen LogP) is 1.78. The van der Waals surface area contributed by atoms with Crippen LogP contribution in [0.2, 0.25) is 0 Å². The average molecular weight is 206 g/mol. The third-order valence-corrected chi connectivity index (χ3v) is 2.76. The average Bonchev–Trinajstić information content (AvgIpc) is 2.20. The Morgan fingerprint density at radius 1 is 1.47 bits per heavy atom. The molecule has 1 aromatic carbocycles. The van der Waals surface area contributed by atoms with Crippen molar-refractivity contribution >= 4 is 5.69 Å². The van der Waals surface area contributed by atoms with Gasteiger partial charge in [-0.3, -0.25) is 0 Å². The van der Waals surface area contributed by atoms with Crippen molar-refractivity contribution in [2.24, 2.45) is 0 Å². The van der Waals surface area contributed by atoms with Gasteiger partial charge in [0.05, 0.1) is 11.7 Å². The molecule has 0 saturated heterocycles. The molecule has 0 aliphatic carbocycles. The van der Waals surface area contributed by atoms with E-state index in [-0.39, 0.29) is 6.10 Å². The van der Waals surface area contributed by atoms with Gasteiger partial charge in [-0.25, -0.2) is 0 Å². The van der Waals surface area contributed by atoms with Crippen molar-refractivity contribution in [1.82, 2.24) is 5.32 Å². The van der Waals surface area contributed by atoms with Crippen LogP contribution in [-0.4, -0.2) is 25.7 Å². The molecule has 3 nitrogen and oxygen atoms in total.